The summed E-state index contributed by atoms with van der Waals surface area (Å²) in [6.07, 6.45) is 0. The van der Waals surface area contributed by atoms with Crippen molar-refractivity contribution in [3.63, 3.8) is 0 Å². The Bertz CT molecular complexity index is 965. The van der Waals surface area contributed by atoms with E-state index in [-0.39, 0.29) is 5.91 Å². The van der Waals surface area contributed by atoms with Crippen molar-refractivity contribution in [1.29, 1.82) is 0 Å². The second-order valence-corrected chi connectivity index (χ2v) is 5.62. The smallest absolute Gasteiger partial charge is 0.339 e. The number of benzene rings is 3. The van der Waals surface area contributed by atoms with E-state index in [0.29, 0.717) is 29.2 Å². The Kier molecular flexibility index (Phi) is 5.17. The molecule has 0 aromatic heterocycles. The van der Waals surface area contributed by atoms with Crippen LogP contribution in [0.25, 0.3) is 10.8 Å². The van der Waals surface area contributed by atoms with E-state index in [1.54, 1.807) is 30.3 Å². The van der Waals surface area contributed by atoms with Crippen molar-refractivity contribution in [2.24, 2.45) is 0 Å². The largest absolute Gasteiger partial charge is 0.493 e. The molecule has 0 heterocycles. The van der Waals surface area contributed by atoms with Crippen molar-refractivity contribution in [3.8, 4) is 5.75 Å². The summed E-state index contributed by atoms with van der Waals surface area (Å²) >= 11 is 0. The molecule has 5 nitrogen and oxygen atoms in total. The van der Waals surface area contributed by atoms with Gasteiger partial charge in [-0.05, 0) is 42.0 Å². The number of amides is 1. The SMILES string of the molecule is CCOc1cc2ccccc2cc1C(=O)Nc1ccccc1C(=O)OC. The zero-order chi connectivity index (χ0) is 18.5. The summed E-state index contributed by atoms with van der Waals surface area (Å²) in [4.78, 5) is 24.8. The molecule has 3 aromatic rings. The molecule has 0 saturated heterocycles. The average Bonchev–Trinajstić information content (AvgIpc) is 2.67. The number of para-hydroxylation sites is 1. The van der Waals surface area contributed by atoms with Gasteiger partial charge in [0.1, 0.15) is 5.75 Å². The molecule has 1 amide bonds. The number of anilines is 1. The Morgan fingerprint density at radius 2 is 1.58 bits per heavy atom. The van der Waals surface area contributed by atoms with Crippen molar-refractivity contribution in [3.05, 3.63) is 71.8 Å². The topological polar surface area (TPSA) is 64.6 Å². The van der Waals surface area contributed by atoms with Crippen LogP contribution in [0.4, 0.5) is 5.69 Å². The van der Waals surface area contributed by atoms with Crippen LogP contribution in [-0.4, -0.2) is 25.6 Å². The van der Waals surface area contributed by atoms with Gasteiger partial charge in [-0.2, -0.15) is 0 Å². The van der Waals surface area contributed by atoms with Crippen LogP contribution in [0.1, 0.15) is 27.6 Å². The van der Waals surface area contributed by atoms with E-state index < -0.39 is 5.97 Å². The van der Waals surface area contributed by atoms with E-state index in [1.165, 1.54) is 7.11 Å². The van der Waals surface area contributed by atoms with E-state index in [1.807, 2.05) is 37.3 Å². The third kappa shape index (κ3) is 3.52. The predicted octanol–water partition coefficient (Wildman–Crippen LogP) is 4.28. The highest BCUT2D eigenvalue weighted by Crippen LogP contribution is 2.27. The third-order valence-electron chi connectivity index (χ3n) is 3.97. The molecule has 1 N–H and O–H groups in total. The van der Waals surface area contributed by atoms with Crippen molar-refractivity contribution in [1.82, 2.24) is 0 Å². The van der Waals surface area contributed by atoms with E-state index >= 15 is 0 Å². The van der Waals surface area contributed by atoms with Gasteiger partial charge in [0.2, 0.25) is 0 Å². The fraction of sp³-hybridized carbons (Fsp3) is 0.143. The molecule has 5 heteroatoms. The zero-order valence-electron chi connectivity index (χ0n) is 14.6. The molecule has 0 fully saturated rings. The summed E-state index contributed by atoms with van der Waals surface area (Å²) in [7, 11) is 1.30. The number of rotatable bonds is 5. The van der Waals surface area contributed by atoms with Crippen LogP contribution >= 0.6 is 0 Å². The van der Waals surface area contributed by atoms with Gasteiger partial charge in [0, 0.05) is 0 Å². The molecule has 132 valence electrons. The Labute approximate surface area is 151 Å². The number of esters is 1. The van der Waals surface area contributed by atoms with Crippen molar-refractivity contribution >= 4 is 28.3 Å². The van der Waals surface area contributed by atoms with Crippen molar-refractivity contribution < 1.29 is 19.1 Å². The minimum Gasteiger partial charge on any atom is -0.493 e. The molecule has 0 saturated carbocycles. The second kappa shape index (κ2) is 7.70. The third-order valence-corrected chi connectivity index (χ3v) is 3.97. The summed E-state index contributed by atoms with van der Waals surface area (Å²) in [6, 6.07) is 18.1. The number of hydrogen-bond acceptors (Lipinski definition) is 4. The summed E-state index contributed by atoms with van der Waals surface area (Å²) in [6.45, 7) is 2.31. The molecule has 0 atom stereocenters. The molecule has 0 aliphatic heterocycles. The fourth-order valence-corrected chi connectivity index (χ4v) is 2.74. The summed E-state index contributed by atoms with van der Waals surface area (Å²) in [5.41, 5.74) is 1.09. The first-order valence-corrected chi connectivity index (χ1v) is 8.28. The Balaban J connectivity index is 2.00. The molecule has 3 rings (SSSR count). The molecule has 26 heavy (non-hydrogen) atoms. The molecular weight excluding hydrogens is 330 g/mol. The van der Waals surface area contributed by atoms with Gasteiger partial charge < -0.3 is 14.8 Å². The first kappa shape index (κ1) is 17.5. The molecule has 0 bridgehead atoms. The molecule has 0 radical (unpaired) electrons. The number of carbonyl (C=O) groups is 2. The van der Waals surface area contributed by atoms with Gasteiger partial charge >= 0.3 is 5.97 Å². The Hall–Kier alpha value is -3.34. The van der Waals surface area contributed by atoms with Crippen LogP contribution in [0.2, 0.25) is 0 Å². The van der Waals surface area contributed by atoms with Gasteiger partial charge in [0.15, 0.2) is 0 Å². The quantitative estimate of drug-likeness (QED) is 0.698. The van der Waals surface area contributed by atoms with Crippen LogP contribution in [0.15, 0.2) is 60.7 Å². The number of fused-ring (bicyclic) bond motifs is 1. The zero-order valence-corrected chi connectivity index (χ0v) is 14.6. The van der Waals surface area contributed by atoms with Crippen molar-refractivity contribution in [2.75, 3.05) is 19.0 Å². The number of hydrogen-bond donors (Lipinski definition) is 1. The fourth-order valence-electron chi connectivity index (χ4n) is 2.74. The normalized spacial score (nSPS) is 10.4. The Morgan fingerprint density at radius 3 is 2.27 bits per heavy atom. The number of methoxy groups -OCH3 is 1. The monoisotopic (exact) mass is 349 g/mol. The highest BCUT2D eigenvalue weighted by molar-refractivity contribution is 6.11. The van der Waals surface area contributed by atoms with Gasteiger partial charge in [-0.3, -0.25) is 4.79 Å². The van der Waals surface area contributed by atoms with Crippen LogP contribution in [-0.2, 0) is 4.74 Å². The minimum atomic E-state index is -0.510. The number of carbonyl (C=O) groups excluding carboxylic acids is 2. The van der Waals surface area contributed by atoms with Crippen LogP contribution in [0.3, 0.4) is 0 Å². The summed E-state index contributed by atoms with van der Waals surface area (Å²) < 4.78 is 10.4. The lowest BCUT2D eigenvalue weighted by molar-refractivity contribution is 0.0602. The van der Waals surface area contributed by atoms with Gasteiger partial charge in [-0.1, -0.05) is 36.4 Å². The first-order chi connectivity index (χ1) is 12.6. The van der Waals surface area contributed by atoms with Gasteiger partial charge in [0.25, 0.3) is 5.91 Å². The Morgan fingerprint density at radius 1 is 0.923 bits per heavy atom. The second-order valence-electron chi connectivity index (χ2n) is 5.62. The average molecular weight is 349 g/mol. The lowest BCUT2D eigenvalue weighted by atomic mass is 10.0. The van der Waals surface area contributed by atoms with Crippen molar-refractivity contribution in [2.45, 2.75) is 6.92 Å². The van der Waals surface area contributed by atoms with Gasteiger partial charge in [-0.25, -0.2) is 4.79 Å². The van der Waals surface area contributed by atoms with E-state index in [0.717, 1.165) is 10.8 Å². The number of ether oxygens (including phenoxy) is 2. The van der Waals surface area contributed by atoms with Crippen LogP contribution < -0.4 is 10.1 Å². The predicted molar refractivity (Wildman–Crippen MR) is 101 cm³/mol. The molecule has 3 aromatic carbocycles. The maximum Gasteiger partial charge on any atom is 0.339 e. The molecule has 0 unspecified atom stereocenters. The lowest BCUT2D eigenvalue weighted by Crippen LogP contribution is -2.16. The van der Waals surface area contributed by atoms with Gasteiger partial charge in [0.05, 0.1) is 30.5 Å². The van der Waals surface area contributed by atoms with E-state index in [2.05, 4.69) is 5.32 Å². The first-order valence-electron chi connectivity index (χ1n) is 8.28. The van der Waals surface area contributed by atoms with Crippen LogP contribution in [0.5, 0.6) is 5.75 Å². The molecule has 0 spiro atoms. The highest BCUT2D eigenvalue weighted by Gasteiger charge is 2.18. The van der Waals surface area contributed by atoms with E-state index in [4.69, 9.17) is 9.47 Å². The standard InChI is InChI=1S/C21H19NO4/c1-3-26-19-13-15-9-5-4-8-14(15)12-17(19)20(23)22-18-11-7-6-10-16(18)21(24)25-2/h4-13H,3H2,1-2H3,(H,22,23). The summed E-state index contributed by atoms with van der Waals surface area (Å²) in [5, 5.41) is 4.71. The number of nitrogens with one attached hydrogen (secondary N) is 1. The molecule has 0 aliphatic rings. The molecular formula is C21H19NO4. The summed E-state index contributed by atoms with van der Waals surface area (Å²) in [5.74, 6) is -0.362. The highest BCUT2D eigenvalue weighted by atomic mass is 16.5. The minimum absolute atomic E-state index is 0.294. The molecule has 0 aliphatic carbocycles. The van der Waals surface area contributed by atoms with E-state index in [9.17, 15) is 9.59 Å². The van der Waals surface area contributed by atoms with Crippen LogP contribution in [0, 0.1) is 0 Å². The maximum absolute atomic E-state index is 12.9. The maximum atomic E-state index is 12.9. The lowest BCUT2D eigenvalue weighted by Gasteiger charge is -2.14. The van der Waals surface area contributed by atoms with Gasteiger partial charge in [-0.15, -0.1) is 0 Å².